The zero-order valence-corrected chi connectivity index (χ0v) is 11.2. The van der Waals surface area contributed by atoms with Gasteiger partial charge < -0.3 is 0 Å². The number of hydrogen-bond donors (Lipinski definition) is 0. The highest BCUT2D eigenvalue weighted by atomic mass is 27.2. The van der Waals surface area contributed by atoms with Crippen molar-refractivity contribution >= 4 is 14.1 Å². The number of allylic oxidation sites excluding steroid dienone is 4. The minimum absolute atomic E-state index is 0.576. The van der Waals surface area contributed by atoms with Gasteiger partial charge in [-0.05, 0) is 4.78 Å². The van der Waals surface area contributed by atoms with E-state index in [0.29, 0.717) is 0 Å². The Morgan fingerprint density at radius 1 is 0.929 bits per heavy atom. The first kappa shape index (κ1) is 12.1. The summed E-state index contributed by atoms with van der Waals surface area (Å²) in [7, 11) is 0. The van der Waals surface area contributed by atoms with Crippen molar-refractivity contribution in [2.75, 3.05) is 0 Å². The molecular formula is C13H23Al. The Morgan fingerprint density at radius 2 is 1.36 bits per heavy atom. The van der Waals surface area contributed by atoms with Crippen LogP contribution in [0.5, 0.6) is 0 Å². The van der Waals surface area contributed by atoms with Gasteiger partial charge in [0.25, 0.3) is 14.1 Å². The standard InChI is InChI=1S/C5H5.2C4H9.Al/c1-2-4-5-3-1;2*1-4(2)3;/h1-5H;2*4H,1H2,2-3H3;. The Hall–Kier alpha value is 0.0125. The summed E-state index contributed by atoms with van der Waals surface area (Å²) in [6.45, 7) is 9.46. The third-order valence-electron chi connectivity index (χ3n) is 2.87. The van der Waals surface area contributed by atoms with E-state index in [-0.39, 0.29) is 0 Å². The van der Waals surface area contributed by atoms with E-state index in [1.54, 1.807) is 0 Å². The van der Waals surface area contributed by atoms with Crippen molar-refractivity contribution in [3.63, 3.8) is 0 Å². The fraction of sp³-hybridized carbons (Fsp3) is 0.692. The van der Waals surface area contributed by atoms with Gasteiger partial charge in [-0.3, -0.25) is 0 Å². The molecule has 1 heteroatoms. The molecule has 0 nitrogen and oxygen atoms in total. The molecule has 1 rings (SSSR count). The van der Waals surface area contributed by atoms with Gasteiger partial charge in [-0.1, -0.05) is 74.4 Å². The molecule has 0 bridgehead atoms. The summed E-state index contributed by atoms with van der Waals surface area (Å²) in [6.07, 6.45) is 9.29. The lowest BCUT2D eigenvalue weighted by Crippen LogP contribution is -2.21. The molecule has 1 aliphatic carbocycles. The van der Waals surface area contributed by atoms with E-state index < -0.39 is 14.1 Å². The van der Waals surface area contributed by atoms with E-state index in [4.69, 9.17) is 0 Å². The molecular weight excluding hydrogens is 183 g/mol. The second-order valence-electron chi connectivity index (χ2n) is 5.37. The van der Waals surface area contributed by atoms with Crippen molar-refractivity contribution in [1.82, 2.24) is 0 Å². The summed E-state index contributed by atoms with van der Waals surface area (Å²) < 4.78 is 0.847. The fourth-order valence-electron chi connectivity index (χ4n) is 2.38. The van der Waals surface area contributed by atoms with Crippen molar-refractivity contribution < 1.29 is 0 Å². The van der Waals surface area contributed by atoms with E-state index in [1.807, 2.05) is 0 Å². The molecule has 0 aromatic rings. The molecule has 0 saturated carbocycles. The van der Waals surface area contributed by atoms with Crippen molar-refractivity contribution in [3.05, 3.63) is 24.3 Å². The van der Waals surface area contributed by atoms with Crippen LogP contribution in [0.4, 0.5) is 0 Å². The van der Waals surface area contributed by atoms with E-state index in [2.05, 4.69) is 52.0 Å². The highest BCUT2D eigenvalue weighted by molar-refractivity contribution is 6.61. The zero-order chi connectivity index (χ0) is 10.6. The predicted molar refractivity (Wildman–Crippen MR) is 67.1 cm³/mol. The molecule has 0 N–H and O–H groups in total. The average Bonchev–Trinajstić information content (AvgIpc) is 2.52. The lowest BCUT2D eigenvalue weighted by atomic mass is 10.3. The van der Waals surface area contributed by atoms with Crippen molar-refractivity contribution in [2.45, 2.75) is 43.0 Å². The van der Waals surface area contributed by atoms with Gasteiger partial charge in [0, 0.05) is 0 Å². The Morgan fingerprint density at radius 3 is 1.71 bits per heavy atom. The Kier molecular flexibility index (Phi) is 5.00. The molecule has 0 heterocycles. The van der Waals surface area contributed by atoms with Crippen molar-refractivity contribution in [2.24, 2.45) is 11.8 Å². The Labute approximate surface area is 93.5 Å². The maximum Gasteiger partial charge on any atom is 0.276 e. The monoisotopic (exact) mass is 206 g/mol. The van der Waals surface area contributed by atoms with Crippen molar-refractivity contribution in [1.29, 1.82) is 0 Å². The summed E-state index contributed by atoms with van der Waals surface area (Å²) in [6, 6.07) is 0. The van der Waals surface area contributed by atoms with E-state index >= 15 is 0 Å². The number of rotatable bonds is 5. The van der Waals surface area contributed by atoms with Crippen LogP contribution >= 0.6 is 0 Å². The SMILES string of the molecule is CC(C)[CH2][Al]([CH2]C(C)C)[CH]1C=CC=C1. The topological polar surface area (TPSA) is 0 Å². The molecule has 0 aromatic carbocycles. The second kappa shape index (κ2) is 5.79. The normalized spacial score (nSPS) is 16.1. The molecule has 0 amide bonds. The summed E-state index contributed by atoms with van der Waals surface area (Å²) in [5.74, 6) is 1.76. The summed E-state index contributed by atoms with van der Waals surface area (Å²) in [4.78, 5) is 0. The van der Waals surface area contributed by atoms with Crippen LogP contribution < -0.4 is 0 Å². The molecule has 0 aromatic heterocycles. The maximum absolute atomic E-state index is 2.42. The van der Waals surface area contributed by atoms with Crippen LogP contribution in [0.15, 0.2) is 24.3 Å². The van der Waals surface area contributed by atoms with Gasteiger partial charge in [-0.15, -0.1) is 0 Å². The smallest absolute Gasteiger partial charge is 0.0909 e. The van der Waals surface area contributed by atoms with Crippen LogP contribution in [-0.4, -0.2) is 14.1 Å². The predicted octanol–water partition coefficient (Wildman–Crippen LogP) is 4.29. The minimum Gasteiger partial charge on any atom is -0.0909 e. The van der Waals surface area contributed by atoms with E-state index in [1.165, 1.54) is 10.6 Å². The summed E-state index contributed by atoms with van der Waals surface area (Å²) >= 11 is -0.576. The van der Waals surface area contributed by atoms with Crippen LogP contribution in [0.1, 0.15) is 27.7 Å². The largest absolute Gasteiger partial charge is 0.276 e. The molecule has 0 spiro atoms. The summed E-state index contributed by atoms with van der Waals surface area (Å²) in [5, 5.41) is 3.00. The van der Waals surface area contributed by atoms with Crippen LogP contribution in [0.25, 0.3) is 0 Å². The molecule has 0 saturated heterocycles. The second-order valence-corrected chi connectivity index (χ2v) is 8.60. The molecule has 0 fully saturated rings. The molecule has 0 radical (unpaired) electrons. The molecule has 0 atom stereocenters. The Bertz CT molecular complexity index is 191. The van der Waals surface area contributed by atoms with Crippen LogP contribution in [0, 0.1) is 11.8 Å². The van der Waals surface area contributed by atoms with Gasteiger partial charge in [-0.25, -0.2) is 0 Å². The molecule has 0 unspecified atom stereocenters. The van der Waals surface area contributed by atoms with Crippen LogP contribution in [-0.2, 0) is 0 Å². The van der Waals surface area contributed by atoms with E-state index in [9.17, 15) is 0 Å². The number of hydrogen-bond acceptors (Lipinski definition) is 0. The molecule has 0 aliphatic heterocycles. The third kappa shape index (κ3) is 4.03. The van der Waals surface area contributed by atoms with Gasteiger partial charge in [0.2, 0.25) is 0 Å². The lowest BCUT2D eigenvalue weighted by Gasteiger charge is -2.19. The highest BCUT2D eigenvalue weighted by Gasteiger charge is 2.26. The lowest BCUT2D eigenvalue weighted by molar-refractivity contribution is 0.686. The average molecular weight is 206 g/mol. The van der Waals surface area contributed by atoms with Gasteiger partial charge in [-0.2, -0.15) is 0 Å². The summed E-state index contributed by atoms with van der Waals surface area (Å²) in [5.41, 5.74) is 0. The van der Waals surface area contributed by atoms with Crippen LogP contribution in [0.3, 0.4) is 0 Å². The quantitative estimate of drug-likeness (QED) is 0.589. The first-order valence-electron chi connectivity index (χ1n) is 5.94. The van der Waals surface area contributed by atoms with Gasteiger partial charge in [0.15, 0.2) is 0 Å². The van der Waals surface area contributed by atoms with E-state index in [0.717, 1.165) is 16.6 Å². The maximum atomic E-state index is 2.42. The minimum atomic E-state index is -0.576. The fourth-order valence-corrected chi connectivity index (χ4v) is 6.51. The zero-order valence-electron chi connectivity index (χ0n) is 10.0. The molecule has 78 valence electrons. The van der Waals surface area contributed by atoms with Crippen LogP contribution in [0.2, 0.25) is 15.3 Å². The van der Waals surface area contributed by atoms with Gasteiger partial charge in [0.05, 0.1) is 0 Å². The first-order chi connectivity index (χ1) is 6.59. The third-order valence-corrected chi connectivity index (χ3v) is 7.50. The first-order valence-corrected chi connectivity index (χ1v) is 8.24. The Balaban J connectivity index is 2.51. The van der Waals surface area contributed by atoms with Gasteiger partial charge >= 0.3 is 0 Å². The molecule has 14 heavy (non-hydrogen) atoms. The molecule has 1 aliphatic rings. The van der Waals surface area contributed by atoms with Crippen molar-refractivity contribution in [3.8, 4) is 0 Å². The highest BCUT2D eigenvalue weighted by Crippen LogP contribution is 2.29. The van der Waals surface area contributed by atoms with Gasteiger partial charge in [0.1, 0.15) is 0 Å².